The molecular formula is C12H15N3. The lowest BCUT2D eigenvalue weighted by molar-refractivity contribution is 0.312. The molecular weight excluding hydrogens is 186 g/mol. The highest BCUT2D eigenvalue weighted by molar-refractivity contribution is 5.67. The van der Waals surface area contributed by atoms with Crippen LogP contribution in [0, 0.1) is 0 Å². The SMILES string of the molecule is C=Cc1cccc2c1C(N)N(C)C(=C)N2. The lowest BCUT2D eigenvalue weighted by atomic mass is 10.0. The highest BCUT2D eigenvalue weighted by Crippen LogP contribution is 2.34. The van der Waals surface area contributed by atoms with Crippen molar-refractivity contribution in [2.24, 2.45) is 5.73 Å². The third-order valence-corrected chi connectivity index (χ3v) is 2.78. The molecule has 2 rings (SSSR count). The molecule has 0 radical (unpaired) electrons. The molecule has 0 amide bonds. The van der Waals surface area contributed by atoms with Crippen LogP contribution in [0.2, 0.25) is 0 Å². The molecule has 0 bridgehead atoms. The number of nitrogens with one attached hydrogen (secondary N) is 1. The molecule has 0 fully saturated rings. The second-order valence-electron chi connectivity index (χ2n) is 3.64. The Hall–Kier alpha value is -1.74. The number of nitrogens with zero attached hydrogens (tertiary/aromatic N) is 1. The van der Waals surface area contributed by atoms with Crippen LogP contribution in [0.3, 0.4) is 0 Å². The van der Waals surface area contributed by atoms with E-state index in [9.17, 15) is 0 Å². The first kappa shape index (κ1) is 9.80. The predicted molar refractivity (Wildman–Crippen MR) is 64.0 cm³/mol. The summed E-state index contributed by atoms with van der Waals surface area (Å²) in [5, 5.41) is 3.22. The molecule has 3 nitrogen and oxygen atoms in total. The van der Waals surface area contributed by atoms with Crippen LogP contribution >= 0.6 is 0 Å². The Balaban J connectivity index is 2.60. The quantitative estimate of drug-likeness (QED) is 0.731. The Morgan fingerprint density at radius 3 is 2.93 bits per heavy atom. The monoisotopic (exact) mass is 201 g/mol. The zero-order valence-corrected chi connectivity index (χ0v) is 8.83. The number of hydrogen-bond donors (Lipinski definition) is 2. The van der Waals surface area contributed by atoms with Gasteiger partial charge < -0.3 is 16.0 Å². The minimum absolute atomic E-state index is 0.164. The summed E-state index contributed by atoms with van der Waals surface area (Å²) in [4.78, 5) is 1.91. The van der Waals surface area contributed by atoms with Crippen LogP contribution in [0.25, 0.3) is 6.08 Å². The van der Waals surface area contributed by atoms with Crippen molar-refractivity contribution >= 4 is 11.8 Å². The summed E-state index contributed by atoms with van der Waals surface area (Å²) in [6.45, 7) is 7.70. The molecule has 3 heteroatoms. The largest absolute Gasteiger partial charge is 0.342 e. The van der Waals surface area contributed by atoms with Crippen LogP contribution in [0.4, 0.5) is 5.69 Å². The van der Waals surface area contributed by atoms with Gasteiger partial charge in [0.15, 0.2) is 0 Å². The van der Waals surface area contributed by atoms with Gasteiger partial charge >= 0.3 is 0 Å². The number of anilines is 1. The summed E-state index contributed by atoms with van der Waals surface area (Å²) in [6.07, 6.45) is 1.66. The Morgan fingerprint density at radius 2 is 2.27 bits per heavy atom. The van der Waals surface area contributed by atoms with Crippen LogP contribution < -0.4 is 11.1 Å². The highest BCUT2D eigenvalue weighted by atomic mass is 15.3. The number of hydrogen-bond acceptors (Lipinski definition) is 3. The van der Waals surface area contributed by atoms with Crippen molar-refractivity contribution in [3.8, 4) is 0 Å². The minimum atomic E-state index is -0.164. The average Bonchev–Trinajstić information content (AvgIpc) is 2.25. The number of nitrogens with two attached hydrogens (primary N) is 1. The fourth-order valence-electron chi connectivity index (χ4n) is 1.81. The van der Waals surface area contributed by atoms with Crippen LogP contribution in [0.1, 0.15) is 17.3 Å². The Bertz CT molecular complexity index is 423. The molecule has 0 spiro atoms. The number of benzene rings is 1. The third-order valence-electron chi connectivity index (χ3n) is 2.78. The van der Waals surface area contributed by atoms with Gasteiger partial charge in [-0.1, -0.05) is 31.4 Å². The van der Waals surface area contributed by atoms with Crippen molar-refractivity contribution in [1.82, 2.24) is 4.90 Å². The molecule has 1 unspecified atom stereocenters. The van der Waals surface area contributed by atoms with Gasteiger partial charge in [0, 0.05) is 18.3 Å². The molecule has 78 valence electrons. The molecule has 0 saturated carbocycles. The van der Waals surface area contributed by atoms with Gasteiger partial charge in [-0.2, -0.15) is 0 Å². The van der Waals surface area contributed by atoms with Crippen molar-refractivity contribution in [2.45, 2.75) is 6.17 Å². The summed E-state index contributed by atoms with van der Waals surface area (Å²) >= 11 is 0. The lowest BCUT2D eigenvalue weighted by Crippen LogP contribution is -2.37. The van der Waals surface area contributed by atoms with E-state index in [1.165, 1.54) is 0 Å². The lowest BCUT2D eigenvalue weighted by Gasteiger charge is -2.36. The molecule has 1 atom stereocenters. The molecule has 1 aliphatic rings. The van der Waals surface area contributed by atoms with E-state index in [4.69, 9.17) is 5.73 Å². The van der Waals surface area contributed by atoms with Crippen molar-refractivity contribution in [1.29, 1.82) is 0 Å². The van der Waals surface area contributed by atoms with Crippen LogP contribution in [0.5, 0.6) is 0 Å². The normalized spacial score (nSPS) is 19.5. The average molecular weight is 201 g/mol. The first-order valence-electron chi connectivity index (χ1n) is 4.85. The van der Waals surface area contributed by atoms with Crippen molar-refractivity contribution in [2.75, 3.05) is 12.4 Å². The molecule has 15 heavy (non-hydrogen) atoms. The van der Waals surface area contributed by atoms with Gasteiger partial charge in [0.05, 0.1) is 5.82 Å². The van der Waals surface area contributed by atoms with E-state index in [1.54, 1.807) is 0 Å². The van der Waals surface area contributed by atoms with E-state index in [-0.39, 0.29) is 6.17 Å². The van der Waals surface area contributed by atoms with Gasteiger partial charge in [-0.25, -0.2) is 0 Å². The van der Waals surface area contributed by atoms with Crippen molar-refractivity contribution in [3.63, 3.8) is 0 Å². The van der Waals surface area contributed by atoms with Crippen molar-refractivity contribution < 1.29 is 0 Å². The van der Waals surface area contributed by atoms with Gasteiger partial charge in [0.1, 0.15) is 6.17 Å². The van der Waals surface area contributed by atoms with E-state index in [0.29, 0.717) is 0 Å². The highest BCUT2D eigenvalue weighted by Gasteiger charge is 2.24. The molecule has 1 aromatic carbocycles. The molecule has 1 aliphatic heterocycles. The Kier molecular flexibility index (Phi) is 2.25. The topological polar surface area (TPSA) is 41.3 Å². The molecule has 1 aromatic rings. The molecule has 3 N–H and O–H groups in total. The van der Waals surface area contributed by atoms with Gasteiger partial charge in [-0.3, -0.25) is 0 Å². The first-order chi connectivity index (χ1) is 7.15. The van der Waals surface area contributed by atoms with Crippen molar-refractivity contribution in [3.05, 3.63) is 48.3 Å². The molecule has 1 heterocycles. The fourth-order valence-corrected chi connectivity index (χ4v) is 1.81. The van der Waals surface area contributed by atoms with Gasteiger partial charge in [0.25, 0.3) is 0 Å². The Labute approximate surface area is 89.9 Å². The maximum atomic E-state index is 6.13. The smallest absolute Gasteiger partial charge is 0.107 e. The van der Waals surface area contributed by atoms with Crippen LogP contribution in [0.15, 0.2) is 37.2 Å². The summed E-state index contributed by atoms with van der Waals surface area (Å²) in [7, 11) is 1.92. The van der Waals surface area contributed by atoms with E-state index in [2.05, 4.69) is 18.5 Å². The number of fused-ring (bicyclic) bond motifs is 1. The summed E-state index contributed by atoms with van der Waals surface area (Å²) in [6, 6.07) is 5.99. The summed E-state index contributed by atoms with van der Waals surface area (Å²) < 4.78 is 0. The minimum Gasteiger partial charge on any atom is -0.342 e. The van der Waals surface area contributed by atoms with E-state index in [0.717, 1.165) is 22.6 Å². The van der Waals surface area contributed by atoms with E-state index in [1.807, 2.05) is 36.2 Å². The summed E-state index contributed by atoms with van der Waals surface area (Å²) in [5.74, 6) is 0.816. The number of rotatable bonds is 1. The first-order valence-corrected chi connectivity index (χ1v) is 4.85. The van der Waals surface area contributed by atoms with Crippen LogP contribution in [-0.4, -0.2) is 11.9 Å². The molecule has 0 saturated heterocycles. The predicted octanol–water partition coefficient (Wildman–Crippen LogP) is 2.12. The molecule has 0 aliphatic carbocycles. The van der Waals surface area contributed by atoms with Gasteiger partial charge in [-0.05, 0) is 11.6 Å². The van der Waals surface area contributed by atoms with Gasteiger partial charge in [-0.15, -0.1) is 0 Å². The molecule has 0 aromatic heterocycles. The maximum absolute atomic E-state index is 6.13. The summed E-state index contributed by atoms with van der Waals surface area (Å²) in [5.41, 5.74) is 9.28. The fraction of sp³-hybridized carbons (Fsp3) is 0.167. The maximum Gasteiger partial charge on any atom is 0.107 e. The standard InChI is InChI=1S/C12H15N3/c1-4-9-6-5-7-10-11(9)12(13)15(3)8(2)14-10/h4-7,12,14H,1-2,13H2,3H3. The zero-order chi connectivity index (χ0) is 11.0. The Morgan fingerprint density at radius 1 is 1.53 bits per heavy atom. The zero-order valence-electron chi connectivity index (χ0n) is 8.83. The van der Waals surface area contributed by atoms with E-state index < -0.39 is 0 Å². The van der Waals surface area contributed by atoms with Gasteiger partial charge in [0.2, 0.25) is 0 Å². The third kappa shape index (κ3) is 1.41. The second kappa shape index (κ2) is 3.44. The second-order valence-corrected chi connectivity index (χ2v) is 3.64. The van der Waals surface area contributed by atoms with Crippen LogP contribution in [-0.2, 0) is 0 Å². The van der Waals surface area contributed by atoms with E-state index >= 15 is 0 Å².